The lowest BCUT2D eigenvalue weighted by molar-refractivity contribution is -0.0149. The van der Waals surface area contributed by atoms with Crippen LogP contribution in [0.2, 0.25) is 0 Å². The fourth-order valence-electron chi connectivity index (χ4n) is 1.62. The van der Waals surface area contributed by atoms with Crippen LogP contribution in [0.1, 0.15) is 0 Å². The molecule has 0 spiro atoms. The summed E-state index contributed by atoms with van der Waals surface area (Å²) in [5.41, 5.74) is -0.483. The monoisotopic (exact) mass is 259 g/mol. The summed E-state index contributed by atoms with van der Waals surface area (Å²) in [4.78, 5) is 16.9. The number of hydrogen-bond acceptors (Lipinski definition) is 7. The molecule has 1 aromatic rings. The fourth-order valence-corrected chi connectivity index (χ4v) is 1.96. The molecule has 0 amide bonds. The van der Waals surface area contributed by atoms with Gasteiger partial charge in [0.25, 0.3) is 0 Å². The van der Waals surface area contributed by atoms with Crippen LogP contribution >= 0.6 is 12.6 Å². The maximum atomic E-state index is 11.0. The highest BCUT2D eigenvalue weighted by Crippen LogP contribution is 2.25. The molecule has 0 bridgehead atoms. The SMILES string of the molecule is O=c1nccc(NC2O[C@H](CO)[C@@H](O)[C@@H]2S)[nH]1. The zero-order valence-corrected chi connectivity index (χ0v) is 9.67. The highest BCUT2D eigenvalue weighted by Gasteiger charge is 2.41. The molecule has 17 heavy (non-hydrogen) atoms. The Labute approximate surface area is 102 Å². The van der Waals surface area contributed by atoms with Crippen molar-refractivity contribution in [3.63, 3.8) is 0 Å². The van der Waals surface area contributed by atoms with Crippen LogP contribution < -0.4 is 11.0 Å². The second-order valence-corrected chi connectivity index (χ2v) is 4.29. The zero-order valence-electron chi connectivity index (χ0n) is 8.78. The largest absolute Gasteiger partial charge is 0.394 e. The number of hydrogen-bond donors (Lipinski definition) is 5. The number of ether oxygens (including phenoxy) is 1. The Balaban J connectivity index is 2.07. The van der Waals surface area contributed by atoms with Crippen LogP contribution in [0, 0.1) is 0 Å². The summed E-state index contributed by atoms with van der Waals surface area (Å²) >= 11 is 4.20. The molecule has 0 saturated carbocycles. The van der Waals surface area contributed by atoms with Crippen molar-refractivity contribution in [3.05, 3.63) is 22.7 Å². The summed E-state index contributed by atoms with van der Waals surface area (Å²) in [6.07, 6.45) is -0.787. The maximum Gasteiger partial charge on any atom is 0.346 e. The van der Waals surface area contributed by atoms with Gasteiger partial charge >= 0.3 is 5.69 Å². The molecule has 1 aliphatic rings. The van der Waals surface area contributed by atoms with E-state index >= 15 is 0 Å². The number of aliphatic hydroxyl groups is 2. The first-order valence-corrected chi connectivity index (χ1v) is 5.58. The predicted molar refractivity (Wildman–Crippen MR) is 63.0 cm³/mol. The highest BCUT2D eigenvalue weighted by molar-refractivity contribution is 7.81. The Morgan fingerprint density at radius 2 is 2.41 bits per heavy atom. The number of rotatable bonds is 3. The average Bonchev–Trinajstić information content (AvgIpc) is 2.57. The molecule has 7 nitrogen and oxygen atoms in total. The van der Waals surface area contributed by atoms with E-state index in [4.69, 9.17) is 9.84 Å². The van der Waals surface area contributed by atoms with E-state index in [0.717, 1.165) is 0 Å². The number of H-pyrrole nitrogens is 1. The van der Waals surface area contributed by atoms with Crippen LogP contribution in [0.3, 0.4) is 0 Å². The number of aromatic amines is 1. The molecule has 4 N–H and O–H groups in total. The second-order valence-electron chi connectivity index (χ2n) is 3.69. The molecule has 1 aliphatic heterocycles. The van der Waals surface area contributed by atoms with E-state index < -0.39 is 29.4 Å². The first-order chi connectivity index (χ1) is 8.11. The summed E-state index contributed by atoms with van der Waals surface area (Å²) in [6, 6.07) is 1.56. The van der Waals surface area contributed by atoms with Crippen LogP contribution in [-0.4, -0.2) is 50.5 Å². The molecule has 0 radical (unpaired) electrons. The molecule has 1 saturated heterocycles. The maximum absolute atomic E-state index is 11.0. The molecule has 1 fully saturated rings. The third kappa shape index (κ3) is 2.60. The first-order valence-electron chi connectivity index (χ1n) is 5.06. The van der Waals surface area contributed by atoms with Gasteiger partial charge in [0.15, 0.2) is 0 Å². The number of aromatic nitrogens is 2. The van der Waals surface area contributed by atoms with Crippen molar-refractivity contribution in [2.24, 2.45) is 0 Å². The van der Waals surface area contributed by atoms with Gasteiger partial charge in [-0.05, 0) is 6.07 Å². The van der Waals surface area contributed by atoms with Crippen molar-refractivity contribution < 1.29 is 14.9 Å². The van der Waals surface area contributed by atoms with Gasteiger partial charge in [-0.15, -0.1) is 0 Å². The number of nitrogens with zero attached hydrogens (tertiary/aromatic N) is 1. The van der Waals surface area contributed by atoms with Crippen LogP contribution in [0.25, 0.3) is 0 Å². The van der Waals surface area contributed by atoms with Gasteiger partial charge in [0, 0.05) is 6.20 Å². The van der Waals surface area contributed by atoms with Gasteiger partial charge in [-0.25, -0.2) is 9.78 Å². The number of nitrogens with one attached hydrogen (secondary N) is 2. The second kappa shape index (κ2) is 5.05. The summed E-state index contributed by atoms with van der Waals surface area (Å²) in [6.45, 7) is -0.288. The van der Waals surface area contributed by atoms with E-state index in [1.54, 1.807) is 6.07 Å². The Morgan fingerprint density at radius 1 is 1.65 bits per heavy atom. The van der Waals surface area contributed by atoms with E-state index in [2.05, 4.69) is 27.9 Å². The van der Waals surface area contributed by atoms with E-state index in [1.165, 1.54) is 6.20 Å². The fraction of sp³-hybridized carbons (Fsp3) is 0.556. The summed E-state index contributed by atoms with van der Waals surface area (Å²) in [7, 11) is 0. The summed E-state index contributed by atoms with van der Waals surface area (Å²) in [5.74, 6) is 0.417. The third-order valence-corrected chi connectivity index (χ3v) is 3.09. The molecule has 8 heteroatoms. The topological polar surface area (TPSA) is 107 Å². The molecule has 4 atom stereocenters. The van der Waals surface area contributed by atoms with Gasteiger partial charge in [0.05, 0.1) is 18.0 Å². The van der Waals surface area contributed by atoms with Gasteiger partial charge in [0.2, 0.25) is 0 Å². The Hall–Kier alpha value is -1.09. The zero-order chi connectivity index (χ0) is 12.4. The lowest BCUT2D eigenvalue weighted by Gasteiger charge is -2.17. The predicted octanol–water partition coefficient (Wildman–Crippen LogP) is -1.44. The van der Waals surface area contributed by atoms with Crippen molar-refractivity contribution >= 4 is 18.4 Å². The average molecular weight is 259 g/mol. The minimum absolute atomic E-state index is 0.288. The molecule has 0 aliphatic carbocycles. The van der Waals surface area contributed by atoms with Crippen LogP contribution in [0.5, 0.6) is 0 Å². The van der Waals surface area contributed by atoms with Crippen LogP contribution in [0.15, 0.2) is 17.1 Å². The molecular formula is C9H13N3O4S. The smallest absolute Gasteiger partial charge is 0.346 e. The van der Waals surface area contributed by atoms with Gasteiger partial charge in [-0.1, -0.05) is 0 Å². The number of anilines is 1. The van der Waals surface area contributed by atoms with Crippen molar-refractivity contribution in [3.8, 4) is 0 Å². The summed E-state index contributed by atoms with van der Waals surface area (Å²) in [5, 5.41) is 21.0. The lowest BCUT2D eigenvalue weighted by Crippen LogP contribution is -2.33. The molecule has 0 aromatic carbocycles. The minimum Gasteiger partial charge on any atom is -0.394 e. The Morgan fingerprint density at radius 3 is 3.00 bits per heavy atom. The molecule has 94 valence electrons. The third-order valence-electron chi connectivity index (χ3n) is 2.51. The van der Waals surface area contributed by atoms with Gasteiger partial charge in [-0.3, -0.25) is 4.98 Å². The number of aliphatic hydroxyl groups excluding tert-OH is 2. The Kier molecular flexibility index (Phi) is 3.67. The molecule has 2 rings (SSSR count). The van der Waals surface area contributed by atoms with Crippen molar-refractivity contribution in [1.82, 2.24) is 9.97 Å². The van der Waals surface area contributed by atoms with E-state index in [0.29, 0.717) is 5.82 Å². The molecule has 1 aromatic heterocycles. The van der Waals surface area contributed by atoms with Crippen molar-refractivity contribution in [1.29, 1.82) is 0 Å². The van der Waals surface area contributed by atoms with Crippen molar-refractivity contribution in [2.45, 2.75) is 23.7 Å². The lowest BCUT2D eigenvalue weighted by atomic mass is 10.2. The normalized spacial score (nSPS) is 32.6. The highest BCUT2D eigenvalue weighted by atomic mass is 32.1. The van der Waals surface area contributed by atoms with E-state index in [-0.39, 0.29) is 6.61 Å². The molecular weight excluding hydrogens is 246 g/mol. The first kappa shape index (κ1) is 12.4. The van der Waals surface area contributed by atoms with E-state index in [9.17, 15) is 9.90 Å². The molecule has 1 unspecified atom stereocenters. The standard InChI is InChI=1S/C9H13N3O4S/c13-3-4-6(14)7(17)8(16-4)11-5-1-2-10-9(15)12-5/h1-2,4,6-8,13-14,17H,3H2,(H2,10,11,12,15)/t4-,6-,7+,8?/m1/s1. The van der Waals surface area contributed by atoms with E-state index in [1.807, 2.05) is 0 Å². The molecule has 2 heterocycles. The quantitative estimate of drug-likeness (QED) is 0.425. The summed E-state index contributed by atoms with van der Waals surface area (Å²) < 4.78 is 5.35. The number of thiol groups is 1. The van der Waals surface area contributed by atoms with Crippen molar-refractivity contribution in [2.75, 3.05) is 11.9 Å². The van der Waals surface area contributed by atoms with Crippen LogP contribution in [-0.2, 0) is 4.74 Å². The van der Waals surface area contributed by atoms with Crippen LogP contribution in [0.4, 0.5) is 5.82 Å². The minimum atomic E-state index is -0.866. The van der Waals surface area contributed by atoms with Gasteiger partial charge < -0.3 is 20.3 Å². The Bertz CT molecular complexity index is 440. The van der Waals surface area contributed by atoms with Gasteiger partial charge in [-0.2, -0.15) is 12.6 Å². The van der Waals surface area contributed by atoms with Gasteiger partial charge in [0.1, 0.15) is 18.1 Å².